The Bertz CT molecular complexity index is 321. The minimum Gasteiger partial charge on any atom is -0.394 e. The maximum absolute atomic E-state index is 11.8. The second-order valence-corrected chi connectivity index (χ2v) is 4.10. The van der Waals surface area contributed by atoms with Gasteiger partial charge in [-0.05, 0) is 12.8 Å². The largest absolute Gasteiger partial charge is 0.394 e. The molecule has 0 aliphatic rings. The molecule has 0 spiro atoms. The van der Waals surface area contributed by atoms with Crippen molar-refractivity contribution in [3.63, 3.8) is 0 Å². The predicted octanol–water partition coefficient (Wildman–Crippen LogP) is 1.21. The van der Waals surface area contributed by atoms with E-state index in [1.54, 1.807) is 5.51 Å². The summed E-state index contributed by atoms with van der Waals surface area (Å²) in [5.41, 5.74) is 2.50. The molecule has 1 rings (SSSR count). The minimum atomic E-state index is -0.163. The molecular weight excluding hydrogens is 212 g/mol. The van der Waals surface area contributed by atoms with Crippen molar-refractivity contribution in [1.82, 2.24) is 10.3 Å². The van der Waals surface area contributed by atoms with E-state index in [4.69, 9.17) is 5.11 Å². The van der Waals surface area contributed by atoms with Crippen LogP contribution in [0.1, 0.15) is 35.6 Å². The average Bonchev–Trinajstić information content (AvgIpc) is 2.73. The Labute approximate surface area is 93.4 Å². The smallest absolute Gasteiger partial charge is 0.263 e. The van der Waals surface area contributed by atoms with Gasteiger partial charge in [-0.2, -0.15) is 0 Å². The second kappa shape index (κ2) is 5.82. The second-order valence-electron chi connectivity index (χ2n) is 3.24. The van der Waals surface area contributed by atoms with Crippen LogP contribution < -0.4 is 5.32 Å². The number of aromatic nitrogens is 1. The third kappa shape index (κ3) is 3.00. The summed E-state index contributed by atoms with van der Waals surface area (Å²) in [4.78, 5) is 16.5. The molecule has 0 radical (unpaired) electrons. The molecule has 1 amide bonds. The third-order valence-corrected chi connectivity index (χ3v) is 3.10. The van der Waals surface area contributed by atoms with E-state index in [1.165, 1.54) is 11.3 Å². The number of thiazole rings is 1. The number of nitrogens with zero attached hydrogens (tertiary/aromatic N) is 1. The van der Waals surface area contributed by atoms with Gasteiger partial charge in [0, 0.05) is 0 Å². The van der Waals surface area contributed by atoms with Crippen LogP contribution in [0.3, 0.4) is 0 Å². The van der Waals surface area contributed by atoms with Gasteiger partial charge >= 0.3 is 0 Å². The molecule has 1 aromatic rings. The number of carbonyl (C=O) groups is 1. The van der Waals surface area contributed by atoms with E-state index in [2.05, 4.69) is 10.3 Å². The maximum Gasteiger partial charge on any atom is 0.263 e. The number of aliphatic hydroxyl groups excluding tert-OH is 1. The van der Waals surface area contributed by atoms with Crippen LogP contribution in [0.4, 0.5) is 0 Å². The lowest BCUT2D eigenvalue weighted by Gasteiger charge is -2.13. The van der Waals surface area contributed by atoms with Crippen LogP contribution in [-0.2, 0) is 6.42 Å². The van der Waals surface area contributed by atoms with Crippen molar-refractivity contribution in [2.45, 2.75) is 32.7 Å². The van der Waals surface area contributed by atoms with Gasteiger partial charge in [-0.15, -0.1) is 11.3 Å². The highest BCUT2D eigenvalue weighted by molar-refractivity contribution is 7.11. The Morgan fingerprint density at radius 2 is 2.40 bits per heavy atom. The summed E-state index contributed by atoms with van der Waals surface area (Å²) in [6.45, 7) is 3.87. The average molecular weight is 228 g/mol. The van der Waals surface area contributed by atoms with E-state index in [1.807, 2.05) is 13.8 Å². The van der Waals surface area contributed by atoms with Gasteiger partial charge in [-0.25, -0.2) is 4.98 Å². The van der Waals surface area contributed by atoms with Crippen molar-refractivity contribution < 1.29 is 9.90 Å². The van der Waals surface area contributed by atoms with Gasteiger partial charge in [0.05, 0.1) is 23.9 Å². The number of carbonyl (C=O) groups excluding carboxylic acids is 1. The molecule has 0 saturated heterocycles. The molecule has 5 heteroatoms. The van der Waals surface area contributed by atoms with Crippen LogP contribution in [0, 0.1) is 0 Å². The van der Waals surface area contributed by atoms with Gasteiger partial charge in [0.25, 0.3) is 5.91 Å². The van der Waals surface area contributed by atoms with E-state index >= 15 is 0 Å². The standard InChI is InChI=1S/C10H16N2O2S/c1-3-7(5-13)12-10(14)9-8(4-2)11-6-15-9/h6-7,13H,3-5H2,1-2H3,(H,12,14). The fourth-order valence-corrected chi connectivity index (χ4v) is 2.02. The molecular formula is C10H16N2O2S. The maximum atomic E-state index is 11.8. The predicted molar refractivity (Wildman–Crippen MR) is 60.1 cm³/mol. The zero-order chi connectivity index (χ0) is 11.3. The number of hydrogen-bond acceptors (Lipinski definition) is 4. The SMILES string of the molecule is CCc1ncsc1C(=O)NC(CC)CO. The lowest BCUT2D eigenvalue weighted by Crippen LogP contribution is -2.36. The number of aliphatic hydroxyl groups is 1. The summed E-state index contributed by atoms with van der Waals surface area (Å²) in [5.74, 6) is -0.129. The lowest BCUT2D eigenvalue weighted by atomic mass is 10.2. The summed E-state index contributed by atoms with van der Waals surface area (Å²) >= 11 is 1.34. The molecule has 0 fully saturated rings. The van der Waals surface area contributed by atoms with Crippen LogP contribution in [0.15, 0.2) is 5.51 Å². The molecule has 2 N–H and O–H groups in total. The van der Waals surface area contributed by atoms with Gasteiger partial charge in [-0.1, -0.05) is 13.8 Å². The molecule has 1 aromatic heterocycles. The summed E-state index contributed by atoms with van der Waals surface area (Å²) in [7, 11) is 0. The molecule has 1 atom stereocenters. The first kappa shape index (κ1) is 12.1. The van der Waals surface area contributed by atoms with Crippen LogP contribution >= 0.6 is 11.3 Å². The zero-order valence-electron chi connectivity index (χ0n) is 8.99. The molecule has 0 saturated carbocycles. The fourth-order valence-electron chi connectivity index (χ4n) is 1.23. The molecule has 84 valence electrons. The van der Waals surface area contributed by atoms with Crippen molar-refractivity contribution >= 4 is 17.2 Å². The normalized spacial score (nSPS) is 12.5. The van der Waals surface area contributed by atoms with Crippen molar-refractivity contribution in [1.29, 1.82) is 0 Å². The minimum absolute atomic E-state index is 0.0253. The van der Waals surface area contributed by atoms with Crippen LogP contribution in [0.25, 0.3) is 0 Å². The van der Waals surface area contributed by atoms with E-state index in [0.29, 0.717) is 4.88 Å². The highest BCUT2D eigenvalue weighted by Crippen LogP contribution is 2.13. The van der Waals surface area contributed by atoms with Gasteiger partial charge < -0.3 is 10.4 Å². The number of rotatable bonds is 5. The molecule has 0 aromatic carbocycles. The van der Waals surface area contributed by atoms with Crippen molar-refractivity contribution in [2.75, 3.05) is 6.61 Å². The molecule has 4 nitrogen and oxygen atoms in total. The summed E-state index contributed by atoms with van der Waals surface area (Å²) in [5, 5.41) is 11.7. The topological polar surface area (TPSA) is 62.2 Å². The Balaban J connectivity index is 2.68. The van der Waals surface area contributed by atoms with Crippen LogP contribution in [0.5, 0.6) is 0 Å². The Hall–Kier alpha value is -0.940. The summed E-state index contributed by atoms with van der Waals surface area (Å²) in [6, 6.07) is -0.163. The summed E-state index contributed by atoms with van der Waals surface area (Å²) in [6.07, 6.45) is 1.48. The lowest BCUT2D eigenvalue weighted by molar-refractivity contribution is 0.0918. The first-order valence-electron chi connectivity index (χ1n) is 5.06. The van der Waals surface area contributed by atoms with Crippen LogP contribution in [0.2, 0.25) is 0 Å². The van der Waals surface area contributed by atoms with Gasteiger partial charge in [0.1, 0.15) is 4.88 Å². The zero-order valence-corrected chi connectivity index (χ0v) is 9.80. The quantitative estimate of drug-likeness (QED) is 0.796. The van der Waals surface area contributed by atoms with Crippen molar-refractivity contribution in [2.24, 2.45) is 0 Å². The molecule has 0 bridgehead atoms. The molecule has 1 heterocycles. The van der Waals surface area contributed by atoms with E-state index < -0.39 is 0 Å². The fraction of sp³-hybridized carbons (Fsp3) is 0.600. The van der Waals surface area contributed by atoms with Gasteiger partial charge in [-0.3, -0.25) is 4.79 Å². The van der Waals surface area contributed by atoms with E-state index in [9.17, 15) is 4.79 Å². The number of nitrogens with one attached hydrogen (secondary N) is 1. The first-order valence-corrected chi connectivity index (χ1v) is 5.94. The number of hydrogen-bond donors (Lipinski definition) is 2. The highest BCUT2D eigenvalue weighted by Gasteiger charge is 2.16. The molecule has 15 heavy (non-hydrogen) atoms. The first-order chi connectivity index (χ1) is 7.22. The van der Waals surface area contributed by atoms with E-state index in [-0.39, 0.29) is 18.6 Å². The summed E-state index contributed by atoms with van der Waals surface area (Å²) < 4.78 is 0. The van der Waals surface area contributed by atoms with E-state index in [0.717, 1.165) is 18.5 Å². The molecule has 1 unspecified atom stereocenters. The monoisotopic (exact) mass is 228 g/mol. The number of aryl methyl sites for hydroxylation is 1. The molecule has 0 aliphatic heterocycles. The third-order valence-electron chi connectivity index (χ3n) is 2.23. The Morgan fingerprint density at radius 3 is 2.93 bits per heavy atom. The Kier molecular flexibility index (Phi) is 4.71. The van der Waals surface area contributed by atoms with Gasteiger partial charge in [0.15, 0.2) is 0 Å². The number of amides is 1. The Morgan fingerprint density at radius 1 is 1.67 bits per heavy atom. The van der Waals surface area contributed by atoms with Crippen LogP contribution in [-0.4, -0.2) is 28.6 Å². The van der Waals surface area contributed by atoms with Gasteiger partial charge in [0.2, 0.25) is 0 Å². The molecule has 0 aliphatic carbocycles. The van der Waals surface area contributed by atoms with Crippen molar-refractivity contribution in [3.05, 3.63) is 16.1 Å². The van der Waals surface area contributed by atoms with Crippen molar-refractivity contribution in [3.8, 4) is 0 Å². The highest BCUT2D eigenvalue weighted by atomic mass is 32.1.